The number of methoxy groups -OCH3 is 2. The van der Waals surface area contributed by atoms with Gasteiger partial charge < -0.3 is 19.7 Å². The predicted molar refractivity (Wildman–Crippen MR) is 73.8 cm³/mol. The highest BCUT2D eigenvalue weighted by molar-refractivity contribution is 5.56. The molecule has 4 nitrogen and oxygen atoms in total. The summed E-state index contributed by atoms with van der Waals surface area (Å²) < 4.78 is 10.6. The van der Waals surface area contributed by atoms with E-state index in [0.29, 0.717) is 0 Å². The molecule has 0 radical (unpaired) electrons. The van der Waals surface area contributed by atoms with Gasteiger partial charge in [0.1, 0.15) is 11.5 Å². The fraction of sp³-hybridized carbons (Fsp3) is 0.571. The Kier molecular flexibility index (Phi) is 4.31. The first-order chi connectivity index (χ1) is 8.76. The van der Waals surface area contributed by atoms with Gasteiger partial charge in [0.15, 0.2) is 0 Å². The number of benzene rings is 1. The summed E-state index contributed by atoms with van der Waals surface area (Å²) in [6.07, 6.45) is 1.24. The fourth-order valence-corrected chi connectivity index (χ4v) is 2.50. The van der Waals surface area contributed by atoms with E-state index >= 15 is 0 Å². The van der Waals surface area contributed by atoms with Crippen molar-refractivity contribution in [2.24, 2.45) is 5.92 Å². The Balaban J connectivity index is 2.13. The second-order valence-corrected chi connectivity index (χ2v) is 4.73. The molecule has 1 fully saturated rings. The lowest BCUT2D eigenvalue weighted by molar-refractivity contribution is 0.394. The number of anilines is 1. The van der Waals surface area contributed by atoms with Crippen LogP contribution in [0.15, 0.2) is 18.2 Å². The van der Waals surface area contributed by atoms with Crippen LogP contribution in [0.4, 0.5) is 5.69 Å². The van der Waals surface area contributed by atoms with E-state index in [9.17, 15) is 0 Å². The Morgan fingerprint density at radius 2 is 1.89 bits per heavy atom. The maximum atomic E-state index is 5.31. The molecule has 0 aliphatic carbocycles. The molecule has 0 saturated carbocycles. The summed E-state index contributed by atoms with van der Waals surface area (Å²) >= 11 is 0. The molecule has 1 atom stereocenters. The quantitative estimate of drug-likeness (QED) is 0.863. The van der Waals surface area contributed by atoms with Crippen LogP contribution in [-0.4, -0.2) is 40.9 Å². The molecule has 100 valence electrons. The van der Waals surface area contributed by atoms with Gasteiger partial charge in [0.2, 0.25) is 0 Å². The molecule has 1 aliphatic heterocycles. The van der Waals surface area contributed by atoms with Crippen LogP contribution < -0.4 is 19.7 Å². The summed E-state index contributed by atoms with van der Waals surface area (Å²) in [6, 6.07) is 6.05. The highest BCUT2D eigenvalue weighted by Gasteiger charge is 2.22. The highest BCUT2D eigenvalue weighted by atomic mass is 16.5. The number of nitrogens with one attached hydrogen (secondary N) is 1. The van der Waals surface area contributed by atoms with E-state index in [1.54, 1.807) is 14.2 Å². The smallest absolute Gasteiger partial charge is 0.124 e. The number of rotatable bonds is 5. The molecule has 18 heavy (non-hydrogen) atoms. The summed E-state index contributed by atoms with van der Waals surface area (Å²) in [7, 11) is 5.38. The molecular formula is C14H22N2O2. The van der Waals surface area contributed by atoms with Crippen LogP contribution in [0.1, 0.15) is 6.42 Å². The zero-order chi connectivity index (χ0) is 13.0. The number of nitrogens with zero attached hydrogens (tertiary/aromatic N) is 1. The first kappa shape index (κ1) is 13.0. The monoisotopic (exact) mass is 250 g/mol. The van der Waals surface area contributed by atoms with Gasteiger partial charge in [-0.25, -0.2) is 0 Å². The van der Waals surface area contributed by atoms with E-state index < -0.39 is 0 Å². The van der Waals surface area contributed by atoms with Crippen molar-refractivity contribution in [3.05, 3.63) is 18.2 Å². The second-order valence-electron chi connectivity index (χ2n) is 4.73. The molecule has 0 aromatic heterocycles. The third-order valence-corrected chi connectivity index (χ3v) is 3.48. The van der Waals surface area contributed by atoms with Crippen LogP contribution in [0.2, 0.25) is 0 Å². The van der Waals surface area contributed by atoms with Gasteiger partial charge in [0.25, 0.3) is 0 Å². The molecule has 1 saturated heterocycles. The molecule has 1 unspecified atom stereocenters. The van der Waals surface area contributed by atoms with Crippen LogP contribution in [0.5, 0.6) is 11.5 Å². The van der Waals surface area contributed by atoms with Gasteiger partial charge in [0, 0.05) is 37.0 Å². The summed E-state index contributed by atoms with van der Waals surface area (Å²) in [5.41, 5.74) is 1.19. The highest BCUT2D eigenvalue weighted by Crippen LogP contribution is 2.31. The van der Waals surface area contributed by atoms with Crippen molar-refractivity contribution in [3.63, 3.8) is 0 Å². The minimum Gasteiger partial charge on any atom is -0.497 e. The average molecular weight is 250 g/mol. The zero-order valence-electron chi connectivity index (χ0n) is 11.4. The number of hydrogen-bond donors (Lipinski definition) is 1. The van der Waals surface area contributed by atoms with Crippen molar-refractivity contribution >= 4 is 5.69 Å². The van der Waals surface area contributed by atoms with Crippen LogP contribution in [-0.2, 0) is 0 Å². The minimum atomic E-state index is 0.729. The molecule has 0 spiro atoms. The molecule has 1 N–H and O–H groups in total. The molecule has 0 bridgehead atoms. The van der Waals surface area contributed by atoms with Gasteiger partial charge in [-0.15, -0.1) is 0 Å². The summed E-state index contributed by atoms with van der Waals surface area (Å²) in [5.74, 6) is 2.43. The summed E-state index contributed by atoms with van der Waals surface area (Å²) in [5, 5.41) is 3.25. The van der Waals surface area contributed by atoms with Crippen molar-refractivity contribution in [2.45, 2.75) is 6.42 Å². The first-order valence-electron chi connectivity index (χ1n) is 6.39. The van der Waals surface area contributed by atoms with Gasteiger partial charge in [-0.3, -0.25) is 0 Å². The Labute approximate surface area is 109 Å². The Bertz CT molecular complexity index is 373. The normalized spacial score (nSPS) is 19.1. The molecule has 0 amide bonds. The van der Waals surface area contributed by atoms with Crippen molar-refractivity contribution in [1.82, 2.24) is 5.32 Å². The van der Waals surface area contributed by atoms with E-state index in [1.165, 1.54) is 12.1 Å². The predicted octanol–water partition coefficient (Wildman–Crippen LogP) is 1.75. The summed E-state index contributed by atoms with van der Waals surface area (Å²) in [4.78, 5) is 2.40. The van der Waals surface area contributed by atoms with Crippen molar-refractivity contribution in [2.75, 3.05) is 45.8 Å². The number of ether oxygens (including phenoxy) is 2. The zero-order valence-corrected chi connectivity index (χ0v) is 11.4. The molecule has 1 aromatic carbocycles. The lowest BCUT2D eigenvalue weighted by Crippen LogP contribution is -2.24. The van der Waals surface area contributed by atoms with Gasteiger partial charge >= 0.3 is 0 Å². The van der Waals surface area contributed by atoms with Crippen molar-refractivity contribution in [3.8, 4) is 11.5 Å². The van der Waals surface area contributed by atoms with Gasteiger partial charge in [-0.05, 0) is 25.9 Å². The molecule has 2 rings (SSSR count). The maximum absolute atomic E-state index is 5.31. The van der Waals surface area contributed by atoms with Crippen molar-refractivity contribution in [1.29, 1.82) is 0 Å². The van der Waals surface area contributed by atoms with Crippen LogP contribution >= 0.6 is 0 Å². The standard InChI is InChI=1S/C14H22N2O2/c1-15-9-11-4-5-16(10-11)12-6-13(17-2)8-14(7-12)18-3/h6-8,11,15H,4-5,9-10H2,1-3H3. The largest absolute Gasteiger partial charge is 0.497 e. The maximum Gasteiger partial charge on any atom is 0.124 e. The molecule has 1 aromatic rings. The lowest BCUT2D eigenvalue weighted by atomic mass is 10.1. The van der Waals surface area contributed by atoms with E-state index in [4.69, 9.17) is 9.47 Å². The lowest BCUT2D eigenvalue weighted by Gasteiger charge is -2.20. The molecule has 1 aliphatic rings. The third-order valence-electron chi connectivity index (χ3n) is 3.48. The molecule has 1 heterocycles. The first-order valence-corrected chi connectivity index (χ1v) is 6.39. The topological polar surface area (TPSA) is 33.7 Å². The Hall–Kier alpha value is -1.42. The van der Waals surface area contributed by atoms with Crippen LogP contribution in [0, 0.1) is 5.92 Å². The second kappa shape index (κ2) is 5.96. The van der Waals surface area contributed by atoms with E-state index in [0.717, 1.165) is 37.1 Å². The average Bonchev–Trinajstić information content (AvgIpc) is 2.87. The van der Waals surface area contributed by atoms with Crippen LogP contribution in [0.25, 0.3) is 0 Å². The van der Waals surface area contributed by atoms with Crippen LogP contribution in [0.3, 0.4) is 0 Å². The van der Waals surface area contributed by atoms with E-state index in [1.807, 2.05) is 13.1 Å². The van der Waals surface area contributed by atoms with Gasteiger partial charge in [-0.1, -0.05) is 0 Å². The van der Waals surface area contributed by atoms with Gasteiger partial charge in [0.05, 0.1) is 14.2 Å². The van der Waals surface area contributed by atoms with Crippen molar-refractivity contribution < 1.29 is 9.47 Å². The molecular weight excluding hydrogens is 228 g/mol. The minimum absolute atomic E-state index is 0.729. The SMILES string of the molecule is CNCC1CCN(c2cc(OC)cc(OC)c2)C1. The van der Waals surface area contributed by atoms with E-state index in [2.05, 4.69) is 22.3 Å². The summed E-state index contributed by atoms with van der Waals surface area (Å²) in [6.45, 7) is 3.28. The fourth-order valence-electron chi connectivity index (χ4n) is 2.50. The number of hydrogen-bond acceptors (Lipinski definition) is 4. The van der Waals surface area contributed by atoms with Gasteiger partial charge in [-0.2, -0.15) is 0 Å². The molecule has 4 heteroatoms. The third kappa shape index (κ3) is 2.88. The van der Waals surface area contributed by atoms with E-state index in [-0.39, 0.29) is 0 Å². The Morgan fingerprint density at radius 3 is 2.44 bits per heavy atom. The Morgan fingerprint density at radius 1 is 1.22 bits per heavy atom.